The van der Waals surface area contributed by atoms with Crippen molar-refractivity contribution < 1.29 is 14.3 Å². The van der Waals surface area contributed by atoms with Gasteiger partial charge >= 0.3 is 12.0 Å². The van der Waals surface area contributed by atoms with Crippen LogP contribution in [0.3, 0.4) is 0 Å². The molecule has 2 aliphatic rings. The molecule has 1 heterocycles. The summed E-state index contributed by atoms with van der Waals surface area (Å²) in [5.41, 5.74) is 1.11. The van der Waals surface area contributed by atoms with E-state index in [-0.39, 0.29) is 18.1 Å². The van der Waals surface area contributed by atoms with Crippen LogP contribution in [0.4, 0.5) is 10.5 Å². The zero-order valence-electron chi connectivity index (χ0n) is 14.5. The first-order chi connectivity index (χ1) is 11.5. The summed E-state index contributed by atoms with van der Waals surface area (Å²) >= 11 is 0. The maximum Gasteiger partial charge on any atom is 0.338 e. The third-order valence-electron chi connectivity index (χ3n) is 4.87. The van der Waals surface area contributed by atoms with E-state index < -0.39 is 0 Å². The van der Waals surface area contributed by atoms with Crippen molar-refractivity contribution in [2.24, 2.45) is 11.8 Å². The zero-order chi connectivity index (χ0) is 17.1. The molecule has 130 valence electrons. The summed E-state index contributed by atoms with van der Waals surface area (Å²) in [5.74, 6) is 0.727. The fraction of sp³-hybridized carbons (Fsp3) is 0.579. The number of rotatable bonds is 4. The number of piperidine rings is 1. The third kappa shape index (κ3) is 4.28. The molecule has 24 heavy (non-hydrogen) atoms. The van der Waals surface area contributed by atoms with Gasteiger partial charge in [-0.3, -0.25) is 0 Å². The molecule has 3 rings (SSSR count). The zero-order valence-corrected chi connectivity index (χ0v) is 14.5. The lowest BCUT2D eigenvalue weighted by molar-refractivity contribution is 0.0294. The molecule has 0 bridgehead atoms. The van der Waals surface area contributed by atoms with Crippen molar-refractivity contribution in [2.75, 3.05) is 18.4 Å². The standard InChI is InChI=1S/C19H26N2O3/c1-13-5-4-10-21(12-13)19(23)20-17-7-3-6-16(11-17)18(22)24-14(2)15-8-9-15/h3,6-7,11,13-15H,4-5,8-10,12H2,1-2H3,(H,20,23). The number of hydrogen-bond donors (Lipinski definition) is 1. The second kappa shape index (κ2) is 7.24. The highest BCUT2D eigenvalue weighted by Gasteiger charge is 2.31. The Balaban J connectivity index is 1.59. The summed E-state index contributed by atoms with van der Waals surface area (Å²) in [7, 11) is 0. The molecule has 1 aliphatic heterocycles. The Kier molecular flexibility index (Phi) is 5.07. The SMILES string of the molecule is CC1CCCN(C(=O)Nc2cccc(C(=O)OC(C)C3CC3)c2)C1. The van der Waals surface area contributed by atoms with Gasteiger partial charge in [0.15, 0.2) is 0 Å². The van der Waals surface area contributed by atoms with Crippen LogP contribution in [0.15, 0.2) is 24.3 Å². The minimum atomic E-state index is -0.322. The lowest BCUT2D eigenvalue weighted by Gasteiger charge is -2.30. The number of amides is 2. The minimum absolute atomic E-state index is 0.0365. The summed E-state index contributed by atoms with van der Waals surface area (Å²) in [6.45, 7) is 5.68. The average Bonchev–Trinajstić information content (AvgIpc) is 3.40. The number of carbonyl (C=O) groups excluding carboxylic acids is 2. The van der Waals surface area contributed by atoms with Crippen molar-refractivity contribution >= 4 is 17.7 Å². The van der Waals surface area contributed by atoms with Crippen LogP contribution < -0.4 is 5.32 Å². The van der Waals surface area contributed by atoms with Crippen LogP contribution in [0.25, 0.3) is 0 Å². The van der Waals surface area contributed by atoms with Crippen molar-refractivity contribution in [3.05, 3.63) is 29.8 Å². The van der Waals surface area contributed by atoms with Crippen molar-refractivity contribution in [2.45, 2.75) is 45.6 Å². The van der Waals surface area contributed by atoms with Crippen molar-refractivity contribution in [1.29, 1.82) is 0 Å². The number of nitrogens with zero attached hydrogens (tertiary/aromatic N) is 1. The van der Waals surface area contributed by atoms with Crippen molar-refractivity contribution in [1.82, 2.24) is 4.90 Å². The van der Waals surface area contributed by atoms with Gasteiger partial charge in [0.05, 0.1) is 5.56 Å². The number of likely N-dealkylation sites (tertiary alicyclic amines) is 1. The maximum absolute atomic E-state index is 12.4. The molecule has 2 atom stereocenters. The summed E-state index contributed by atoms with van der Waals surface area (Å²) in [4.78, 5) is 26.4. The summed E-state index contributed by atoms with van der Waals surface area (Å²) < 4.78 is 5.49. The van der Waals surface area contributed by atoms with E-state index >= 15 is 0 Å². The molecule has 0 radical (unpaired) electrons. The van der Waals surface area contributed by atoms with E-state index in [1.807, 2.05) is 11.8 Å². The molecule has 0 spiro atoms. The number of nitrogens with one attached hydrogen (secondary N) is 1. The van der Waals surface area contributed by atoms with E-state index in [1.165, 1.54) is 6.42 Å². The Morgan fingerprint density at radius 3 is 2.79 bits per heavy atom. The number of ether oxygens (including phenoxy) is 1. The van der Waals surface area contributed by atoms with E-state index in [1.54, 1.807) is 24.3 Å². The van der Waals surface area contributed by atoms with Gasteiger partial charge < -0.3 is 15.0 Å². The number of anilines is 1. The molecule has 1 aliphatic carbocycles. The summed E-state index contributed by atoms with van der Waals surface area (Å²) in [6, 6.07) is 6.88. The molecule has 1 N–H and O–H groups in total. The first kappa shape index (κ1) is 16.8. The van der Waals surface area contributed by atoms with Crippen LogP contribution in [-0.2, 0) is 4.74 Å². The second-order valence-electron chi connectivity index (χ2n) is 7.15. The predicted molar refractivity (Wildman–Crippen MR) is 93.0 cm³/mol. The fourth-order valence-corrected chi connectivity index (χ4v) is 3.20. The summed E-state index contributed by atoms with van der Waals surface area (Å²) in [5, 5.41) is 2.90. The molecule has 2 unspecified atom stereocenters. The molecule has 1 aromatic carbocycles. The van der Waals surface area contributed by atoms with Gasteiger partial charge in [-0.15, -0.1) is 0 Å². The molecule has 1 saturated heterocycles. The van der Waals surface area contributed by atoms with Gasteiger partial charge in [-0.2, -0.15) is 0 Å². The van der Waals surface area contributed by atoms with Crippen LogP contribution in [0, 0.1) is 11.8 Å². The van der Waals surface area contributed by atoms with Gasteiger partial charge in [0, 0.05) is 18.8 Å². The van der Waals surface area contributed by atoms with Crippen molar-refractivity contribution in [3.63, 3.8) is 0 Å². The first-order valence-corrected chi connectivity index (χ1v) is 8.90. The topological polar surface area (TPSA) is 58.6 Å². The Bertz CT molecular complexity index is 612. The average molecular weight is 330 g/mol. The highest BCUT2D eigenvalue weighted by Crippen LogP contribution is 2.34. The molecular weight excluding hydrogens is 304 g/mol. The van der Waals surface area contributed by atoms with Crippen LogP contribution in [0.5, 0.6) is 0 Å². The number of carbonyl (C=O) groups is 2. The second-order valence-corrected chi connectivity index (χ2v) is 7.15. The predicted octanol–water partition coefficient (Wildman–Crippen LogP) is 3.91. The largest absolute Gasteiger partial charge is 0.459 e. The Hall–Kier alpha value is -2.04. The molecule has 2 fully saturated rings. The normalized spacial score (nSPS) is 21.9. The van der Waals surface area contributed by atoms with E-state index in [2.05, 4.69) is 12.2 Å². The molecule has 2 amide bonds. The van der Waals surface area contributed by atoms with E-state index in [9.17, 15) is 9.59 Å². The highest BCUT2D eigenvalue weighted by molar-refractivity contribution is 5.94. The lowest BCUT2D eigenvalue weighted by atomic mass is 10.0. The number of esters is 1. The van der Waals surface area contributed by atoms with Gasteiger partial charge in [0.25, 0.3) is 0 Å². The molecular formula is C19H26N2O3. The Morgan fingerprint density at radius 1 is 1.29 bits per heavy atom. The number of benzene rings is 1. The van der Waals surface area contributed by atoms with Gasteiger partial charge in [0.1, 0.15) is 6.10 Å². The molecule has 0 aromatic heterocycles. The Morgan fingerprint density at radius 2 is 2.08 bits per heavy atom. The smallest absolute Gasteiger partial charge is 0.338 e. The fourth-order valence-electron chi connectivity index (χ4n) is 3.20. The number of urea groups is 1. The van der Waals surface area contributed by atoms with Crippen LogP contribution in [-0.4, -0.2) is 36.1 Å². The third-order valence-corrected chi connectivity index (χ3v) is 4.87. The molecule has 5 heteroatoms. The van der Waals surface area contributed by atoms with Crippen LogP contribution >= 0.6 is 0 Å². The quantitative estimate of drug-likeness (QED) is 0.852. The molecule has 1 aromatic rings. The lowest BCUT2D eigenvalue weighted by Crippen LogP contribution is -2.41. The van der Waals surface area contributed by atoms with Crippen molar-refractivity contribution in [3.8, 4) is 0 Å². The minimum Gasteiger partial charge on any atom is -0.459 e. The first-order valence-electron chi connectivity index (χ1n) is 8.90. The van der Waals surface area contributed by atoms with Crippen LogP contribution in [0.1, 0.15) is 49.9 Å². The Labute approximate surface area is 143 Å². The maximum atomic E-state index is 12.4. The van der Waals surface area contributed by atoms with Gasteiger partial charge in [0.2, 0.25) is 0 Å². The van der Waals surface area contributed by atoms with Gasteiger partial charge in [-0.05, 0) is 62.6 Å². The number of hydrogen-bond acceptors (Lipinski definition) is 3. The monoisotopic (exact) mass is 330 g/mol. The molecule has 5 nitrogen and oxygen atoms in total. The van der Waals surface area contributed by atoms with E-state index in [4.69, 9.17) is 4.74 Å². The molecule has 1 saturated carbocycles. The van der Waals surface area contributed by atoms with E-state index in [0.717, 1.165) is 32.4 Å². The summed E-state index contributed by atoms with van der Waals surface area (Å²) in [6.07, 6.45) is 4.45. The van der Waals surface area contributed by atoms with Gasteiger partial charge in [-0.25, -0.2) is 9.59 Å². The van der Waals surface area contributed by atoms with Gasteiger partial charge in [-0.1, -0.05) is 13.0 Å². The van der Waals surface area contributed by atoms with Crippen LogP contribution in [0.2, 0.25) is 0 Å². The van der Waals surface area contributed by atoms with E-state index in [0.29, 0.717) is 23.1 Å². The highest BCUT2D eigenvalue weighted by atomic mass is 16.5.